The number of aliphatic carboxylic acids is 1. The zero-order chi connectivity index (χ0) is 13.3. The molecule has 0 radical (unpaired) electrons. The van der Waals surface area contributed by atoms with E-state index < -0.39 is 11.5 Å². The van der Waals surface area contributed by atoms with Gasteiger partial charge in [0.05, 0.1) is 6.42 Å². The van der Waals surface area contributed by atoms with Gasteiger partial charge in [0.25, 0.3) is 0 Å². The highest BCUT2D eigenvalue weighted by Gasteiger charge is 2.23. The normalized spacial score (nSPS) is 11.2. The van der Waals surface area contributed by atoms with Gasteiger partial charge in [0.15, 0.2) is 0 Å². The van der Waals surface area contributed by atoms with Crippen LogP contribution in [0.3, 0.4) is 0 Å². The predicted molar refractivity (Wildman–Crippen MR) is 67.9 cm³/mol. The summed E-state index contributed by atoms with van der Waals surface area (Å²) in [4.78, 5) is 22.1. The number of carbonyl (C=O) groups excluding carboxylic acids is 1. The predicted octanol–water partition coefficient (Wildman–Crippen LogP) is 2.72. The minimum atomic E-state index is -0.891. The topological polar surface area (TPSA) is 66.4 Å². The molecular weight excluding hydrogens is 218 g/mol. The van der Waals surface area contributed by atoms with Gasteiger partial charge in [-0.3, -0.25) is 9.59 Å². The molecule has 4 nitrogen and oxygen atoms in total. The Hall–Kier alpha value is -1.06. The Labute approximate surface area is 104 Å². The number of carboxylic acids is 1. The molecule has 17 heavy (non-hydrogen) atoms. The van der Waals surface area contributed by atoms with Crippen LogP contribution < -0.4 is 5.32 Å². The van der Waals surface area contributed by atoms with Crippen LogP contribution >= 0.6 is 0 Å². The molecule has 0 rings (SSSR count). The van der Waals surface area contributed by atoms with E-state index in [1.807, 2.05) is 0 Å². The lowest BCUT2D eigenvalue weighted by molar-refractivity contribution is -0.138. The van der Waals surface area contributed by atoms with Crippen LogP contribution in [0.2, 0.25) is 0 Å². The summed E-state index contributed by atoms with van der Waals surface area (Å²) in [6.45, 7) is 5.62. The van der Waals surface area contributed by atoms with E-state index in [4.69, 9.17) is 5.11 Å². The van der Waals surface area contributed by atoms with Crippen molar-refractivity contribution in [1.29, 1.82) is 0 Å². The van der Waals surface area contributed by atoms with E-state index in [2.05, 4.69) is 12.2 Å². The van der Waals surface area contributed by atoms with Crippen molar-refractivity contribution in [3.8, 4) is 0 Å². The fourth-order valence-electron chi connectivity index (χ4n) is 1.75. The number of rotatable bonds is 9. The largest absolute Gasteiger partial charge is 0.481 e. The van der Waals surface area contributed by atoms with E-state index in [1.54, 1.807) is 13.8 Å². The molecule has 0 heterocycles. The van der Waals surface area contributed by atoms with Crippen molar-refractivity contribution >= 4 is 11.9 Å². The SMILES string of the molecule is CCCCCCCC(=O)NC(C)(C)CC(=O)O. The molecule has 0 atom stereocenters. The minimum Gasteiger partial charge on any atom is -0.481 e. The molecule has 0 fully saturated rings. The smallest absolute Gasteiger partial charge is 0.305 e. The summed E-state index contributed by atoms with van der Waals surface area (Å²) in [6.07, 6.45) is 5.98. The Morgan fingerprint density at radius 3 is 2.24 bits per heavy atom. The summed E-state index contributed by atoms with van der Waals surface area (Å²) >= 11 is 0. The van der Waals surface area contributed by atoms with Gasteiger partial charge >= 0.3 is 5.97 Å². The van der Waals surface area contributed by atoms with Crippen LogP contribution in [0.4, 0.5) is 0 Å². The van der Waals surface area contributed by atoms with Crippen LogP contribution in [-0.2, 0) is 9.59 Å². The quantitative estimate of drug-likeness (QED) is 0.612. The second-order valence-corrected chi connectivity index (χ2v) is 5.17. The molecule has 0 bridgehead atoms. The van der Waals surface area contributed by atoms with Gasteiger partial charge in [-0.05, 0) is 20.3 Å². The molecule has 2 N–H and O–H groups in total. The van der Waals surface area contributed by atoms with Gasteiger partial charge in [-0.2, -0.15) is 0 Å². The maximum atomic E-state index is 11.6. The summed E-state index contributed by atoms with van der Waals surface area (Å²) in [5, 5.41) is 11.4. The second-order valence-electron chi connectivity index (χ2n) is 5.17. The zero-order valence-corrected chi connectivity index (χ0v) is 11.2. The third-order valence-corrected chi connectivity index (χ3v) is 2.58. The number of amides is 1. The molecular formula is C13H25NO3. The number of hydrogen-bond acceptors (Lipinski definition) is 2. The van der Waals surface area contributed by atoms with Crippen molar-refractivity contribution in [2.24, 2.45) is 0 Å². The standard InChI is InChI=1S/C13H25NO3/c1-4-5-6-7-8-9-11(15)14-13(2,3)10-12(16)17/h4-10H2,1-3H3,(H,14,15)(H,16,17). The van der Waals surface area contributed by atoms with Crippen LogP contribution in [0.15, 0.2) is 0 Å². The first kappa shape index (κ1) is 15.9. The molecule has 4 heteroatoms. The number of carboxylic acid groups (broad SMARTS) is 1. The van der Waals surface area contributed by atoms with Crippen LogP contribution in [0.5, 0.6) is 0 Å². The maximum Gasteiger partial charge on any atom is 0.305 e. The molecule has 0 unspecified atom stereocenters. The highest BCUT2D eigenvalue weighted by atomic mass is 16.4. The van der Waals surface area contributed by atoms with E-state index in [1.165, 1.54) is 19.3 Å². The Morgan fingerprint density at radius 1 is 1.12 bits per heavy atom. The van der Waals surface area contributed by atoms with Crippen molar-refractivity contribution in [2.45, 2.75) is 71.3 Å². The molecule has 0 aromatic carbocycles. The highest BCUT2D eigenvalue weighted by molar-refractivity contribution is 5.78. The van der Waals surface area contributed by atoms with Gasteiger partial charge < -0.3 is 10.4 Å². The fourth-order valence-corrected chi connectivity index (χ4v) is 1.75. The maximum absolute atomic E-state index is 11.6. The lowest BCUT2D eigenvalue weighted by atomic mass is 10.0. The molecule has 0 saturated heterocycles. The molecule has 0 aliphatic rings. The average Bonchev–Trinajstić information content (AvgIpc) is 2.14. The summed E-state index contributed by atoms with van der Waals surface area (Å²) in [5.74, 6) is -0.939. The number of carbonyl (C=O) groups is 2. The van der Waals surface area contributed by atoms with E-state index in [9.17, 15) is 9.59 Å². The zero-order valence-electron chi connectivity index (χ0n) is 11.2. The van der Waals surface area contributed by atoms with Crippen molar-refractivity contribution in [3.05, 3.63) is 0 Å². The molecule has 0 spiro atoms. The molecule has 0 saturated carbocycles. The number of hydrogen-bond donors (Lipinski definition) is 2. The molecule has 0 aromatic rings. The fraction of sp³-hybridized carbons (Fsp3) is 0.846. The Bertz CT molecular complexity index is 249. The molecule has 0 aromatic heterocycles. The van der Waals surface area contributed by atoms with Gasteiger partial charge in [0.1, 0.15) is 0 Å². The first-order valence-electron chi connectivity index (χ1n) is 6.40. The lowest BCUT2D eigenvalue weighted by Gasteiger charge is -2.24. The Morgan fingerprint density at radius 2 is 1.71 bits per heavy atom. The van der Waals surface area contributed by atoms with Gasteiger partial charge in [-0.1, -0.05) is 32.6 Å². The monoisotopic (exact) mass is 243 g/mol. The summed E-state index contributed by atoms with van der Waals surface area (Å²) < 4.78 is 0. The average molecular weight is 243 g/mol. The van der Waals surface area contributed by atoms with E-state index >= 15 is 0 Å². The van der Waals surface area contributed by atoms with Crippen molar-refractivity contribution in [3.63, 3.8) is 0 Å². The molecule has 0 aliphatic carbocycles. The van der Waals surface area contributed by atoms with Crippen LogP contribution in [0.1, 0.15) is 65.7 Å². The highest BCUT2D eigenvalue weighted by Crippen LogP contribution is 2.10. The summed E-state index contributed by atoms with van der Waals surface area (Å²) in [7, 11) is 0. The van der Waals surface area contributed by atoms with Crippen molar-refractivity contribution in [1.82, 2.24) is 5.32 Å². The lowest BCUT2D eigenvalue weighted by Crippen LogP contribution is -2.44. The van der Waals surface area contributed by atoms with Gasteiger partial charge in [-0.15, -0.1) is 0 Å². The first-order valence-corrected chi connectivity index (χ1v) is 6.40. The van der Waals surface area contributed by atoms with Crippen LogP contribution in [0, 0.1) is 0 Å². The molecule has 1 amide bonds. The van der Waals surface area contributed by atoms with Gasteiger partial charge in [-0.25, -0.2) is 0 Å². The minimum absolute atomic E-state index is 0.0470. The van der Waals surface area contributed by atoms with Crippen molar-refractivity contribution < 1.29 is 14.7 Å². The molecule has 0 aliphatic heterocycles. The third kappa shape index (κ3) is 9.85. The van der Waals surface area contributed by atoms with Gasteiger partial charge in [0, 0.05) is 12.0 Å². The molecule has 100 valence electrons. The third-order valence-electron chi connectivity index (χ3n) is 2.58. The van der Waals surface area contributed by atoms with E-state index in [0.29, 0.717) is 6.42 Å². The number of unbranched alkanes of at least 4 members (excludes halogenated alkanes) is 4. The summed E-state index contributed by atoms with van der Waals surface area (Å²) in [5.41, 5.74) is -0.660. The van der Waals surface area contributed by atoms with E-state index in [-0.39, 0.29) is 12.3 Å². The summed E-state index contributed by atoms with van der Waals surface area (Å²) in [6, 6.07) is 0. The van der Waals surface area contributed by atoms with Crippen LogP contribution in [-0.4, -0.2) is 22.5 Å². The van der Waals surface area contributed by atoms with Crippen molar-refractivity contribution in [2.75, 3.05) is 0 Å². The van der Waals surface area contributed by atoms with Crippen LogP contribution in [0.25, 0.3) is 0 Å². The second kappa shape index (κ2) is 8.09. The number of nitrogens with one attached hydrogen (secondary N) is 1. The van der Waals surface area contributed by atoms with Gasteiger partial charge in [0.2, 0.25) is 5.91 Å². The Balaban J connectivity index is 3.73. The van der Waals surface area contributed by atoms with E-state index in [0.717, 1.165) is 12.8 Å². The first-order chi connectivity index (χ1) is 7.87. The Kier molecular flexibility index (Phi) is 7.59.